The van der Waals surface area contributed by atoms with Gasteiger partial charge in [-0.3, -0.25) is 4.79 Å². The molecule has 0 saturated carbocycles. The minimum atomic E-state index is -0.464. The SMILES string of the molecule is Cc1cc(C)nc(OC2CCCN(C(=O)c3ccc(F)cc3Cl)C2)n1. The van der Waals surface area contributed by atoms with E-state index in [0.717, 1.165) is 30.3 Å². The van der Waals surface area contributed by atoms with Crippen LogP contribution in [-0.2, 0) is 0 Å². The fourth-order valence-electron chi connectivity index (χ4n) is 2.95. The van der Waals surface area contributed by atoms with Gasteiger partial charge in [0.25, 0.3) is 5.91 Å². The van der Waals surface area contributed by atoms with Crippen molar-refractivity contribution in [2.45, 2.75) is 32.8 Å². The number of hydrogen-bond donors (Lipinski definition) is 0. The van der Waals surface area contributed by atoms with Crippen molar-refractivity contribution in [2.24, 2.45) is 0 Å². The van der Waals surface area contributed by atoms with Crippen LogP contribution in [-0.4, -0.2) is 40.0 Å². The number of piperidine rings is 1. The molecule has 1 aliphatic rings. The van der Waals surface area contributed by atoms with Crippen molar-refractivity contribution in [2.75, 3.05) is 13.1 Å². The van der Waals surface area contributed by atoms with Crippen molar-refractivity contribution in [3.63, 3.8) is 0 Å². The Morgan fingerprint density at radius 2 is 2.00 bits per heavy atom. The zero-order valence-corrected chi connectivity index (χ0v) is 14.9. The highest BCUT2D eigenvalue weighted by molar-refractivity contribution is 6.33. The molecule has 1 aromatic heterocycles. The number of halogens is 2. The van der Waals surface area contributed by atoms with Gasteiger partial charge in [-0.2, -0.15) is 0 Å². The molecule has 0 radical (unpaired) electrons. The van der Waals surface area contributed by atoms with E-state index in [0.29, 0.717) is 24.7 Å². The molecule has 25 heavy (non-hydrogen) atoms. The van der Waals surface area contributed by atoms with Crippen molar-refractivity contribution in [1.82, 2.24) is 14.9 Å². The summed E-state index contributed by atoms with van der Waals surface area (Å²) in [6.45, 7) is 4.80. The van der Waals surface area contributed by atoms with Gasteiger partial charge in [0.2, 0.25) is 0 Å². The van der Waals surface area contributed by atoms with Gasteiger partial charge in [0.1, 0.15) is 11.9 Å². The topological polar surface area (TPSA) is 55.3 Å². The number of aryl methyl sites for hydroxylation is 2. The summed E-state index contributed by atoms with van der Waals surface area (Å²) in [5.41, 5.74) is 1.97. The van der Waals surface area contributed by atoms with E-state index in [-0.39, 0.29) is 17.0 Å². The maximum Gasteiger partial charge on any atom is 0.317 e. The smallest absolute Gasteiger partial charge is 0.317 e. The third kappa shape index (κ3) is 4.25. The van der Waals surface area contributed by atoms with Crippen LogP contribution in [0.4, 0.5) is 4.39 Å². The van der Waals surface area contributed by atoms with Crippen LogP contribution in [0.5, 0.6) is 6.01 Å². The third-order valence-corrected chi connectivity index (χ3v) is 4.37. The first kappa shape index (κ1) is 17.6. The summed E-state index contributed by atoms with van der Waals surface area (Å²) >= 11 is 6.01. The lowest BCUT2D eigenvalue weighted by Gasteiger charge is -2.32. The number of carbonyl (C=O) groups is 1. The summed E-state index contributed by atoms with van der Waals surface area (Å²) in [6, 6.07) is 6.00. The molecule has 1 unspecified atom stereocenters. The third-order valence-electron chi connectivity index (χ3n) is 4.06. The van der Waals surface area contributed by atoms with Crippen LogP contribution in [0.2, 0.25) is 5.02 Å². The Morgan fingerprint density at radius 3 is 2.68 bits per heavy atom. The molecular formula is C18H19ClFN3O2. The van der Waals surface area contributed by atoms with E-state index >= 15 is 0 Å². The van der Waals surface area contributed by atoms with Crippen LogP contribution in [0, 0.1) is 19.7 Å². The molecule has 1 aliphatic heterocycles. The van der Waals surface area contributed by atoms with Gasteiger partial charge in [-0.1, -0.05) is 11.6 Å². The summed E-state index contributed by atoms with van der Waals surface area (Å²) in [6.07, 6.45) is 1.44. The van der Waals surface area contributed by atoms with Crippen LogP contribution in [0.25, 0.3) is 0 Å². The molecule has 0 spiro atoms. The lowest BCUT2D eigenvalue weighted by molar-refractivity contribution is 0.0515. The van der Waals surface area contributed by atoms with Crippen LogP contribution in [0.15, 0.2) is 24.3 Å². The second-order valence-electron chi connectivity index (χ2n) is 6.19. The van der Waals surface area contributed by atoms with Gasteiger partial charge in [0.15, 0.2) is 0 Å². The summed E-state index contributed by atoms with van der Waals surface area (Å²) < 4.78 is 19.1. The lowest BCUT2D eigenvalue weighted by Crippen LogP contribution is -2.44. The minimum absolute atomic E-state index is 0.116. The van der Waals surface area contributed by atoms with Gasteiger partial charge in [0, 0.05) is 17.9 Å². The van der Waals surface area contributed by atoms with Crippen LogP contribution >= 0.6 is 11.6 Å². The van der Waals surface area contributed by atoms with Crippen molar-refractivity contribution in [3.05, 3.63) is 52.1 Å². The van der Waals surface area contributed by atoms with Gasteiger partial charge >= 0.3 is 6.01 Å². The van der Waals surface area contributed by atoms with E-state index in [1.165, 1.54) is 12.1 Å². The van der Waals surface area contributed by atoms with E-state index in [1.807, 2.05) is 19.9 Å². The fraction of sp³-hybridized carbons (Fsp3) is 0.389. The average Bonchev–Trinajstić information content (AvgIpc) is 2.53. The zero-order chi connectivity index (χ0) is 18.0. The van der Waals surface area contributed by atoms with Crippen molar-refractivity contribution < 1.29 is 13.9 Å². The quantitative estimate of drug-likeness (QED) is 0.836. The number of nitrogens with zero attached hydrogens (tertiary/aromatic N) is 3. The van der Waals surface area contributed by atoms with Gasteiger partial charge < -0.3 is 9.64 Å². The molecule has 0 N–H and O–H groups in total. The van der Waals surface area contributed by atoms with Crippen molar-refractivity contribution in [3.8, 4) is 6.01 Å². The van der Waals surface area contributed by atoms with Crippen LogP contribution in [0.1, 0.15) is 34.6 Å². The average molecular weight is 364 g/mol. The maximum atomic E-state index is 13.2. The number of carbonyl (C=O) groups excluding carboxylic acids is 1. The highest BCUT2D eigenvalue weighted by atomic mass is 35.5. The molecule has 2 aromatic rings. The highest BCUT2D eigenvalue weighted by Gasteiger charge is 2.27. The first-order valence-electron chi connectivity index (χ1n) is 8.15. The predicted molar refractivity (Wildman–Crippen MR) is 92.5 cm³/mol. The Hall–Kier alpha value is -2.21. The van der Waals surface area contributed by atoms with Gasteiger partial charge in [0.05, 0.1) is 17.1 Å². The van der Waals surface area contributed by atoms with Gasteiger partial charge in [-0.15, -0.1) is 0 Å². The molecular weight excluding hydrogens is 345 g/mol. The lowest BCUT2D eigenvalue weighted by atomic mass is 10.1. The Balaban J connectivity index is 1.71. The predicted octanol–water partition coefficient (Wildman–Crippen LogP) is 3.57. The van der Waals surface area contributed by atoms with Crippen molar-refractivity contribution in [1.29, 1.82) is 0 Å². The molecule has 2 heterocycles. The number of aromatic nitrogens is 2. The summed E-state index contributed by atoms with van der Waals surface area (Å²) in [5, 5.41) is 0.116. The zero-order valence-electron chi connectivity index (χ0n) is 14.1. The van der Waals surface area contributed by atoms with E-state index in [2.05, 4.69) is 9.97 Å². The maximum absolute atomic E-state index is 13.2. The molecule has 1 amide bonds. The van der Waals surface area contributed by atoms with E-state index in [4.69, 9.17) is 16.3 Å². The molecule has 132 valence electrons. The molecule has 5 nitrogen and oxygen atoms in total. The Kier molecular flexibility index (Phi) is 5.18. The minimum Gasteiger partial charge on any atom is -0.458 e. The Morgan fingerprint density at radius 1 is 1.28 bits per heavy atom. The molecule has 1 saturated heterocycles. The first-order valence-corrected chi connectivity index (χ1v) is 8.53. The number of ether oxygens (including phenoxy) is 1. The fourth-order valence-corrected chi connectivity index (χ4v) is 3.20. The molecule has 1 atom stereocenters. The van der Waals surface area contributed by atoms with Crippen molar-refractivity contribution >= 4 is 17.5 Å². The second kappa shape index (κ2) is 7.35. The van der Waals surface area contributed by atoms with E-state index < -0.39 is 5.82 Å². The van der Waals surface area contributed by atoms with Crippen LogP contribution < -0.4 is 4.74 Å². The van der Waals surface area contributed by atoms with Gasteiger partial charge in [-0.05, 0) is 51.0 Å². The molecule has 1 fully saturated rings. The largest absolute Gasteiger partial charge is 0.458 e. The standard InChI is InChI=1S/C18H19ClFN3O2/c1-11-8-12(2)22-18(21-11)25-14-4-3-7-23(10-14)17(24)15-6-5-13(20)9-16(15)19/h5-6,8-9,14H,3-4,7,10H2,1-2H3. The van der Waals surface area contributed by atoms with Gasteiger partial charge in [-0.25, -0.2) is 14.4 Å². The molecule has 0 bridgehead atoms. The monoisotopic (exact) mass is 363 g/mol. The Labute approximate surface area is 150 Å². The molecule has 0 aliphatic carbocycles. The molecule has 1 aromatic carbocycles. The molecule has 3 rings (SSSR count). The van der Waals surface area contributed by atoms with E-state index in [1.54, 1.807) is 4.90 Å². The summed E-state index contributed by atoms with van der Waals surface area (Å²) in [7, 11) is 0. The number of hydrogen-bond acceptors (Lipinski definition) is 4. The Bertz CT molecular complexity index is 780. The van der Waals surface area contributed by atoms with Crippen LogP contribution in [0.3, 0.4) is 0 Å². The normalized spacial score (nSPS) is 17.4. The second-order valence-corrected chi connectivity index (χ2v) is 6.60. The number of rotatable bonds is 3. The highest BCUT2D eigenvalue weighted by Crippen LogP contribution is 2.22. The number of benzene rings is 1. The number of likely N-dealkylation sites (tertiary alicyclic amines) is 1. The number of amides is 1. The summed E-state index contributed by atoms with van der Waals surface area (Å²) in [5.74, 6) is -0.687. The molecule has 7 heteroatoms. The van der Waals surface area contributed by atoms with E-state index in [9.17, 15) is 9.18 Å². The first-order chi connectivity index (χ1) is 11.9. The summed E-state index contributed by atoms with van der Waals surface area (Å²) in [4.78, 5) is 22.9.